The lowest BCUT2D eigenvalue weighted by Gasteiger charge is -2.05. The highest BCUT2D eigenvalue weighted by Crippen LogP contribution is 2.16. The second-order valence-corrected chi connectivity index (χ2v) is 4.54. The van der Waals surface area contributed by atoms with E-state index in [2.05, 4.69) is 0 Å². The van der Waals surface area contributed by atoms with Gasteiger partial charge in [0.15, 0.2) is 5.78 Å². The van der Waals surface area contributed by atoms with Crippen molar-refractivity contribution in [2.45, 2.75) is 6.42 Å². The van der Waals surface area contributed by atoms with E-state index in [4.69, 9.17) is 11.6 Å². The van der Waals surface area contributed by atoms with E-state index in [-0.39, 0.29) is 5.78 Å². The summed E-state index contributed by atoms with van der Waals surface area (Å²) in [5.74, 6) is 0.636. The van der Waals surface area contributed by atoms with Gasteiger partial charge in [0.05, 0.1) is 0 Å². The molecule has 0 aliphatic heterocycles. The van der Waals surface area contributed by atoms with Gasteiger partial charge in [0.25, 0.3) is 0 Å². The minimum atomic E-state index is 0.0479. The molecule has 0 N–H and O–H groups in total. The van der Waals surface area contributed by atoms with Crippen LogP contribution < -0.4 is 0 Å². The highest BCUT2D eigenvalue weighted by atomic mass is 35.5. The van der Waals surface area contributed by atoms with Gasteiger partial charge in [-0.1, -0.05) is 66.7 Å². The summed E-state index contributed by atoms with van der Waals surface area (Å²) in [6, 6.07) is 16.9. The predicted molar refractivity (Wildman–Crippen MR) is 80.7 cm³/mol. The maximum atomic E-state index is 12.4. The van der Waals surface area contributed by atoms with Crippen LogP contribution in [-0.4, -0.2) is 11.7 Å². The largest absolute Gasteiger partial charge is 0.289 e. The van der Waals surface area contributed by atoms with Crippen molar-refractivity contribution in [3.8, 4) is 0 Å². The van der Waals surface area contributed by atoms with Gasteiger partial charge in [0, 0.05) is 17.0 Å². The van der Waals surface area contributed by atoms with Gasteiger partial charge in [0.1, 0.15) is 0 Å². The second-order valence-electron chi connectivity index (χ2n) is 4.16. The van der Waals surface area contributed by atoms with Crippen LogP contribution >= 0.6 is 11.6 Å². The zero-order valence-electron chi connectivity index (χ0n) is 10.6. The Morgan fingerprint density at radius 1 is 1.00 bits per heavy atom. The summed E-state index contributed by atoms with van der Waals surface area (Å²) in [7, 11) is 0. The summed E-state index contributed by atoms with van der Waals surface area (Å²) >= 11 is 5.65. The predicted octanol–water partition coefficient (Wildman–Crippen LogP) is 4.56. The minimum absolute atomic E-state index is 0.0479. The first kappa shape index (κ1) is 13.6. The highest BCUT2D eigenvalue weighted by molar-refractivity contribution is 6.18. The number of carbonyl (C=O) groups excluding carboxylic acids is 1. The second kappa shape index (κ2) is 6.91. The van der Waals surface area contributed by atoms with Crippen molar-refractivity contribution in [2.24, 2.45) is 0 Å². The van der Waals surface area contributed by atoms with E-state index in [0.717, 1.165) is 17.5 Å². The van der Waals surface area contributed by atoms with Crippen LogP contribution in [0.3, 0.4) is 0 Å². The van der Waals surface area contributed by atoms with Gasteiger partial charge in [-0.3, -0.25) is 4.79 Å². The Hall–Kier alpha value is -1.86. The first-order chi connectivity index (χ1) is 9.33. The van der Waals surface area contributed by atoms with Gasteiger partial charge in [0.2, 0.25) is 0 Å². The number of hydrogen-bond acceptors (Lipinski definition) is 1. The minimum Gasteiger partial charge on any atom is -0.289 e. The van der Waals surface area contributed by atoms with E-state index in [1.165, 1.54) is 0 Å². The van der Waals surface area contributed by atoms with Crippen molar-refractivity contribution >= 4 is 23.5 Å². The van der Waals surface area contributed by atoms with Crippen molar-refractivity contribution in [3.63, 3.8) is 0 Å². The SMILES string of the molecule is O=C(c1ccccc1)c1ccccc1C=CCCCl. The van der Waals surface area contributed by atoms with E-state index in [0.29, 0.717) is 11.4 Å². The number of alkyl halides is 1. The molecule has 0 fully saturated rings. The van der Waals surface area contributed by atoms with Crippen molar-refractivity contribution in [1.29, 1.82) is 0 Å². The lowest BCUT2D eigenvalue weighted by Crippen LogP contribution is -2.03. The number of halogens is 1. The Kier molecular flexibility index (Phi) is 4.93. The van der Waals surface area contributed by atoms with Crippen LogP contribution in [0, 0.1) is 0 Å². The molecule has 2 rings (SSSR count). The van der Waals surface area contributed by atoms with Gasteiger partial charge in [-0.05, 0) is 12.0 Å². The van der Waals surface area contributed by atoms with E-state index < -0.39 is 0 Å². The molecule has 0 saturated heterocycles. The average Bonchev–Trinajstić information content (AvgIpc) is 2.48. The van der Waals surface area contributed by atoms with Crippen LogP contribution in [0.5, 0.6) is 0 Å². The Morgan fingerprint density at radius 3 is 2.42 bits per heavy atom. The normalized spacial score (nSPS) is 10.8. The van der Waals surface area contributed by atoms with E-state index >= 15 is 0 Å². The molecule has 0 unspecified atom stereocenters. The summed E-state index contributed by atoms with van der Waals surface area (Å²) in [5.41, 5.74) is 2.36. The third-order valence-electron chi connectivity index (χ3n) is 2.81. The fraction of sp³-hybridized carbons (Fsp3) is 0.118. The zero-order chi connectivity index (χ0) is 13.5. The lowest BCUT2D eigenvalue weighted by molar-refractivity contribution is 0.103. The van der Waals surface area contributed by atoms with Crippen LogP contribution in [0.2, 0.25) is 0 Å². The van der Waals surface area contributed by atoms with E-state index in [9.17, 15) is 4.79 Å². The van der Waals surface area contributed by atoms with E-state index in [1.807, 2.05) is 66.7 Å². The number of ketones is 1. The molecule has 0 amide bonds. The molecule has 0 spiro atoms. The Balaban J connectivity index is 2.32. The average molecular weight is 271 g/mol. The molecular formula is C17H15ClO. The molecule has 2 heteroatoms. The summed E-state index contributed by atoms with van der Waals surface area (Å²) < 4.78 is 0. The molecule has 19 heavy (non-hydrogen) atoms. The first-order valence-corrected chi connectivity index (χ1v) is 6.77. The zero-order valence-corrected chi connectivity index (χ0v) is 11.3. The summed E-state index contributed by atoms with van der Waals surface area (Å²) in [6.45, 7) is 0. The quantitative estimate of drug-likeness (QED) is 0.575. The fourth-order valence-corrected chi connectivity index (χ4v) is 1.99. The van der Waals surface area contributed by atoms with Crippen LogP contribution in [0.25, 0.3) is 6.08 Å². The van der Waals surface area contributed by atoms with Crippen LogP contribution in [0.1, 0.15) is 27.9 Å². The number of benzene rings is 2. The maximum Gasteiger partial charge on any atom is 0.193 e. The topological polar surface area (TPSA) is 17.1 Å². The Labute approximate surface area is 118 Å². The van der Waals surface area contributed by atoms with Gasteiger partial charge >= 0.3 is 0 Å². The molecule has 2 aromatic carbocycles. The van der Waals surface area contributed by atoms with Gasteiger partial charge < -0.3 is 0 Å². The third kappa shape index (κ3) is 3.55. The number of rotatable bonds is 5. The molecule has 0 saturated carbocycles. The lowest BCUT2D eigenvalue weighted by atomic mass is 9.98. The summed E-state index contributed by atoms with van der Waals surface area (Å²) in [6.07, 6.45) is 4.75. The molecule has 96 valence electrons. The van der Waals surface area contributed by atoms with Gasteiger partial charge in [-0.25, -0.2) is 0 Å². The Morgan fingerprint density at radius 2 is 1.68 bits per heavy atom. The van der Waals surface area contributed by atoms with Crippen molar-refractivity contribution < 1.29 is 4.79 Å². The molecule has 0 atom stereocenters. The smallest absolute Gasteiger partial charge is 0.193 e. The molecule has 0 aliphatic rings. The molecule has 1 nitrogen and oxygen atoms in total. The van der Waals surface area contributed by atoms with Crippen molar-refractivity contribution in [1.82, 2.24) is 0 Å². The molecular weight excluding hydrogens is 256 g/mol. The van der Waals surface area contributed by atoms with E-state index in [1.54, 1.807) is 0 Å². The number of hydrogen-bond donors (Lipinski definition) is 0. The fourth-order valence-electron chi connectivity index (χ4n) is 1.87. The third-order valence-corrected chi connectivity index (χ3v) is 3.03. The molecule has 2 aromatic rings. The monoisotopic (exact) mass is 270 g/mol. The van der Waals surface area contributed by atoms with Crippen molar-refractivity contribution in [3.05, 3.63) is 77.4 Å². The molecule has 0 heterocycles. The van der Waals surface area contributed by atoms with Gasteiger partial charge in [-0.15, -0.1) is 11.6 Å². The van der Waals surface area contributed by atoms with Crippen molar-refractivity contribution in [2.75, 3.05) is 5.88 Å². The standard InChI is InChI=1S/C17H15ClO/c18-13-7-6-9-14-8-4-5-12-16(14)17(19)15-10-2-1-3-11-15/h1-6,8-12H,7,13H2. The molecule has 0 aliphatic carbocycles. The first-order valence-electron chi connectivity index (χ1n) is 6.24. The summed E-state index contributed by atoms with van der Waals surface area (Å²) in [5, 5.41) is 0. The van der Waals surface area contributed by atoms with Gasteiger partial charge in [-0.2, -0.15) is 0 Å². The summed E-state index contributed by atoms with van der Waals surface area (Å²) in [4.78, 5) is 12.4. The Bertz CT molecular complexity index is 573. The van der Waals surface area contributed by atoms with Crippen LogP contribution in [-0.2, 0) is 0 Å². The highest BCUT2D eigenvalue weighted by Gasteiger charge is 2.10. The van der Waals surface area contributed by atoms with Crippen LogP contribution in [0.15, 0.2) is 60.7 Å². The van der Waals surface area contributed by atoms with Crippen LogP contribution in [0.4, 0.5) is 0 Å². The maximum absolute atomic E-state index is 12.4. The number of allylic oxidation sites excluding steroid dienone is 1. The number of carbonyl (C=O) groups is 1. The molecule has 0 aromatic heterocycles. The molecule has 0 bridgehead atoms. The molecule has 0 radical (unpaired) electrons.